The van der Waals surface area contributed by atoms with Crippen LogP contribution in [0.1, 0.15) is 38.5 Å². The molecule has 0 spiro atoms. The Morgan fingerprint density at radius 2 is 1.93 bits per heavy atom. The van der Waals surface area contributed by atoms with Crippen LogP contribution in [-0.4, -0.2) is 0 Å². The van der Waals surface area contributed by atoms with Gasteiger partial charge in [0, 0.05) is 4.88 Å². The second-order valence-electron chi connectivity index (χ2n) is 4.79. The fraction of sp³-hybridized carbons (Fsp3) is 0.429. The summed E-state index contributed by atoms with van der Waals surface area (Å²) >= 11 is 1.91. The number of fused-ring (bicyclic) bond motifs is 1. The van der Waals surface area contributed by atoms with Crippen LogP contribution in [0.2, 0.25) is 0 Å². The van der Waals surface area contributed by atoms with Crippen molar-refractivity contribution in [1.29, 1.82) is 0 Å². The van der Waals surface area contributed by atoms with Gasteiger partial charge in [0.2, 0.25) is 0 Å². The number of benzene rings is 1. The third kappa shape index (κ3) is 1.93. The van der Waals surface area contributed by atoms with E-state index in [0.29, 0.717) is 5.41 Å². The van der Waals surface area contributed by atoms with Crippen molar-refractivity contribution in [2.24, 2.45) is 0 Å². The summed E-state index contributed by atoms with van der Waals surface area (Å²) in [7, 11) is 0. The summed E-state index contributed by atoms with van der Waals surface area (Å²) < 4.78 is 0. The Hall–Kier alpha value is -0.820. The number of hydrogen-bond acceptors (Lipinski definition) is 1. The van der Waals surface area contributed by atoms with E-state index in [2.05, 4.69) is 50.4 Å². The molecule has 80 valence electrons. The fourth-order valence-corrected chi connectivity index (χ4v) is 3.44. The first-order valence-electron chi connectivity index (χ1n) is 5.62. The van der Waals surface area contributed by atoms with Crippen LogP contribution in [0.5, 0.6) is 0 Å². The predicted octanol–water partition coefficient (Wildman–Crippen LogP) is 4.98. The van der Waals surface area contributed by atoms with Crippen LogP contribution in [0.15, 0.2) is 29.6 Å². The summed E-state index contributed by atoms with van der Waals surface area (Å²) in [4.78, 5) is 1.54. The Bertz CT molecular complexity index is 451. The largest absolute Gasteiger partial charge is 0.147 e. The van der Waals surface area contributed by atoms with Crippen molar-refractivity contribution in [3.05, 3.63) is 34.5 Å². The van der Waals surface area contributed by atoms with Crippen molar-refractivity contribution < 1.29 is 0 Å². The van der Waals surface area contributed by atoms with Gasteiger partial charge >= 0.3 is 0 Å². The molecule has 0 aliphatic heterocycles. The summed E-state index contributed by atoms with van der Waals surface area (Å²) in [5.41, 5.74) is 0.322. The van der Waals surface area contributed by atoms with Gasteiger partial charge in [-0.15, -0.1) is 11.3 Å². The Kier molecular flexibility index (Phi) is 2.83. The monoisotopic (exact) mass is 218 g/mol. The highest BCUT2D eigenvalue weighted by atomic mass is 32.1. The van der Waals surface area contributed by atoms with Gasteiger partial charge in [-0.3, -0.25) is 0 Å². The lowest BCUT2D eigenvalue weighted by molar-refractivity contribution is 0.485. The third-order valence-electron chi connectivity index (χ3n) is 3.00. The third-order valence-corrected chi connectivity index (χ3v) is 4.38. The van der Waals surface area contributed by atoms with Crippen molar-refractivity contribution >= 4 is 22.1 Å². The molecular formula is C14H18S. The molecule has 0 amide bonds. The minimum atomic E-state index is 0.322. The zero-order valence-electron chi connectivity index (χ0n) is 9.71. The van der Waals surface area contributed by atoms with Crippen LogP contribution in [0.4, 0.5) is 0 Å². The lowest BCUT2D eigenvalue weighted by atomic mass is 9.85. The second-order valence-corrected chi connectivity index (χ2v) is 5.67. The number of rotatable bonds is 3. The molecule has 0 radical (unpaired) electrons. The molecule has 0 atom stereocenters. The van der Waals surface area contributed by atoms with Gasteiger partial charge in [-0.25, -0.2) is 0 Å². The lowest BCUT2D eigenvalue weighted by Crippen LogP contribution is -2.14. The van der Waals surface area contributed by atoms with Gasteiger partial charge in [-0.05, 0) is 28.0 Å². The van der Waals surface area contributed by atoms with Crippen molar-refractivity contribution in [3.63, 3.8) is 0 Å². The molecule has 2 rings (SSSR count). The highest BCUT2D eigenvalue weighted by molar-refractivity contribution is 7.11. The molecular weight excluding hydrogens is 200 g/mol. The van der Waals surface area contributed by atoms with Crippen LogP contribution in [0.25, 0.3) is 10.8 Å². The first-order chi connectivity index (χ1) is 7.15. The zero-order chi connectivity index (χ0) is 10.9. The van der Waals surface area contributed by atoms with Crippen LogP contribution in [-0.2, 0) is 5.41 Å². The normalized spacial score (nSPS) is 12.2. The van der Waals surface area contributed by atoms with E-state index in [-0.39, 0.29) is 0 Å². The molecule has 1 aromatic carbocycles. The van der Waals surface area contributed by atoms with Crippen LogP contribution < -0.4 is 0 Å². The van der Waals surface area contributed by atoms with Gasteiger partial charge in [-0.2, -0.15) is 0 Å². The van der Waals surface area contributed by atoms with E-state index in [4.69, 9.17) is 0 Å². The zero-order valence-corrected chi connectivity index (χ0v) is 10.5. The lowest BCUT2D eigenvalue weighted by Gasteiger charge is -2.23. The molecule has 0 fully saturated rings. The number of hydrogen-bond donors (Lipinski definition) is 0. The van der Waals surface area contributed by atoms with Gasteiger partial charge < -0.3 is 0 Å². The maximum atomic E-state index is 2.36. The van der Waals surface area contributed by atoms with Crippen molar-refractivity contribution in [1.82, 2.24) is 0 Å². The molecule has 0 unspecified atom stereocenters. The average molecular weight is 218 g/mol. The summed E-state index contributed by atoms with van der Waals surface area (Å²) in [6, 6.07) is 8.71. The molecule has 0 saturated heterocycles. The van der Waals surface area contributed by atoms with Crippen molar-refractivity contribution in [2.45, 2.75) is 39.0 Å². The first-order valence-corrected chi connectivity index (χ1v) is 6.50. The number of thiophene rings is 1. The quantitative estimate of drug-likeness (QED) is 0.681. The molecule has 0 aliphatic rings. The molecule has 0 saturated carbocycles. The molecule has 0 N–H and O–H groups in total. The maximum Gasteiger partial charge on any atom is 0.0180 e. The summed E-state index contributed by atoms with van der Waals surface area (Å²) in [5.74, 6) is 0. The van der Waals surface area contributed by atoms with Crippen molar-refractivity contribution in [2.75, 3.05) is 0 Å². The Morgan fingerprint density at radius 1 is 1.20 bits per heavy atom. The predicted molar refractivity (Wildman–Crippen MR) is 69.8 cm³/mol. The highest BCUT2D eigenvalue weighted by Crippen LogP contribution is 2.38. The van der Waals surface area contributed by atoms with Gasteiger partial charge in [0.1, 0.15) is 0 Å². The Labute approximate surface area is 95.9 Å². The van der Waals surface area contributed by atoms with Gasteiger partial charge in [-0.1, -0.05) is 51.5 Å². The first kappa shape index (κ1) is 10.7. The van der Waals surface area contributed by atoms with E-state index in [1.54, 1.807) is 4.88 Å². The van der Waals surface area contributed by atoms with Crippen LogP contribution in [0, 0.1) is 0 Å². The van der Waals surface area contributed by atoms with E-state index in [1.807, 2.05) is 11.3 Å². The Morgan fingerprint density at radius 3 is 2.67 bits per heavy atom. The van der Waals surface area contributed by atoms with Gasteiger partial charge in [0.25, 0.3) is 0 Å². The summed E-state index contributed by atoms with van der Waals surface area (Å²) in [6.45, 7) is 6.97. The molecule has 0 aliphatic carbocycles. The molecule has 0 bridgehead atoms. The van der Waals surface area contributed by atoms with E-state index < -0.39 is 0 Å². The molecule has 1 heteroatoms. The molecule has 2 aromatic rings. The van der Waals surface area contributed by atoms with Gasteiger partial charge in [0.15, 0.2) is 0 Å². The minimum Gasteiger partial charge on any atom is -0.147 e. The average Bonchev–Trinajstić information content (AvgIpc) is 2.61. The molecule has 1 aromatic heterocycles. The Balaban J connectivity index is 2.52. The minimum absolute atomic E-state index is 0.322. The smallest absolute Gasteiger partial charge is 0.0180 e. The maximum absolute atomic E-state index is 2.36. The van der Waals surface area contributed by atoms with E-state index in [0.717, 1.165) is 0 Å². The van der Waals surface area contributed by atoms with Crippen LogP contribution in [0.3, 0.4) is 0 Å². The second kappa shape index (κ2) is 3.97. The van der Waals surface area contributed by atoms with E-state index >= 15 is 0 Å². The topological polar surface area (TPSA) is 0 Å². The molecule has 0 nitrogen and oxygen atoms in total. The van der Waals surface area contributed by atoms with E-state index in [9.17, 15) is 0 Å². The van der Waals surface area contributed by atoms with E-state index in [1.165, 1.54) is 23.6 Å². The summed E-state index contributed by atoms with van der Waals surface area (Å²) in [6.07, 6.45) is 2.51. The highest BCUT2D eigenvalue weighted by Gasteiger charge is 2.23. The molecule has 1 heterocycles. The standard InChI is InChI=1S/C14H18S/c1-4-9-14(2,3)13-12-8-6-5-7-11(12)10-15-13/h5-8,10H,4,9H2,1-3H3. The summed E-state index contributed by atoms with van der Waals surface area (Å²) in [5, 5.41) is 5.12. The SMILES string of the molecule is CCCC(C)(C)c1scc2ccccc12. The fourth-order valence-electron chi connectivity index (χ4n) is 2.26. The van der Waals surface area contributed by atoms with Gasteiger partial charge in [0.05, 0.1) is 0 Å². The van der Waals surface area contributed by atoms with Crippen LogP contribution >= 0.6 is 11.3 Å². The van der Waals surface area contributed by atoms with Crippen molar-refractivity contribution in [3.8, 4) is 0 Å². The molecule has 15 heavy (non-hydrogen) atoms.